The molecule has 52 heavy (non-hydrogen) atoms. The van der Waals surface area contributed by atoms with Crippen LogP contribution in [-0.4, -0.2) is 41.0 Å². The second-order valence-electron chi connectivity index (χ2n) is 15.9. The van der Waals surface area contributed by atoms with Crippen LogP contribution in [-0.2, 0) is 28.2 Å². The highest BCUT2D eigenvalue weighted by atomic mass is 31.2. The Balaban J connectivity index is 3.82. The van der Waals surface area contributed by atoms with Gasteiger partial charge in [-0.1, -0.05) is 213 Å². The molecule has 0 fully saturated rings. The summed E-state index contributed by atoms with van der Waals surface area (Å²) in [4.78, 5) is 42.9. The Morgan fingerprint density at radius 3 is 1.15 bits per heavy atom. The number of esters is 2. The van der Waals surface area contributed by atoms with Gasteiger partial charge >= 0.3 is 19.8 Å². The molecule has 0 aliphatic carbocycles. The normalized spacial score (nSPS) is 12.4. The molecule has 0 aromatic heterocycles. The minimum absolute atomic E-state index is 0.220. The third-order valence-corrected chi connectivity index (χ3v) is 10.5. The van der Waals surface area contributed by atoms with Gasteiger partial charge in [0.05, 0.1) is 6.61 Å². The maximum atomic E-state index is 12.4. The zero-order valence-electron chi connectivity index (χ0n) is 34.4. The highest BCUT2D eigenvalue weighted by Crippen LogP contribution is 2.36. The van der Waals surface area contributed by atoms with E-state index >= 15 is 0 Å². The maximum Gasteiger partial charge on any atom is 0.469 e. The van der Waals surface area contributed by atoms with Crippen molar-refractivity contribution < 1.29 is 37.9 Å². The van der Waals surface area contributed by atoms with Crippen molar-refractivity contribution >= 4 is 19.8 Å². The fourth-order valence-corrected chi connectivity index (χ4v) is 7.10. The first kappa shape index (κ1) is 51.0. The Hall–Kier alpha value is -0.950. The fourth-order valence-electron chi connectivity index (χ4n) is 6.74. The van der Waals surface area contributed by atoms with Crippen LogP contribution in [0.25, 0.3) is 0 Å². The van der Waals surface area contributed by atoms with Gasteiger partial charge in [0.1, 0.15) is 6.61 Å². The first-order chi connectivity index (χ1) is 25.1. The second kappa shape index (κ2) is 38.3. The van der Waals surface area contributed by atoms with Crippen molar-refractivity contribution in [1.82, 2.24) is 0 Å². The van der Waals surface area contributed by atoms with E-state index in [2.05, 4.69) is 25.3 Å². The SMILES string of the molecule is CCCCCCCCCCCCCCCCCC(=O)O[C@H](COC(=O)CCCCCCCCCCCCCCCCCCC(C)C)COP(=O)(O)O. The van der Waals surface area contributed by atoms with Crippen molar-refractivity contribution in [3.05, 3.63) is 0 Å². The number of carbonyl (C=O) groups is 2. The molecule has 0 aromatic rings. The number of phosphoric acid groups is 1. The number of hydrogen-bond donors (Lipinski definition) is 2. The molecule has 0 aliphatic rings. The van der Waals surface area contributed by atoms with Gasteiger partial charge in [-0.25, -0.2) is 4.57 Å². The van der Waals surface area contributed by atoms with Gasteiger partial charge in [-0.2, -0.15) is 0 Å². The number of carbonyl (C=O) groups excluding carboxylic acids is 2. The quantitative estimate of drug-likeness (QED) is 0.0359. The summed E-state index contributed by atoms with van der Waals surface area (Å²) in [5.74, 6) is -0.0236. The summed E-state index contributed by atoms with van der Waals surface area (Å²) in [5.41, 5.74) is 0. The molecule has 0 saturated heterocycles. The van der Waals surface area contributed by atoms with E-state index in [0.717, 1.165) is 38.0 Å². The predicted molar refractivity (Wildman–Crippen MR) is 216 cm³/mol. The Bertz CT molecular complexity index is 830. The van der Waals surface area contributed by atoms with Crippen LogP contribution in [0, 0.1) is 5.92 Å². The van der Waals surface area contributed by atoms with Gasteiger partial charge in [0.15, 0.2) is 6.10 Å². The Morgan fingerprint density at radius 1 is 0.481 bits per heavy atom. The number of phosphoric ester groups is 1. The van der Waals surface area contributed by atoms with Gasteiger partial charge in [-0.15, -0.1) is 0 Å². The van der Waals surface area contributed by atoms with E-state index in [1.54, 1.807) is 0 Å². The summed E-state index contributed by atoms with van der Waals surface area (Å²) in [6.45, 7) is 6.08. The molecule has 9 heteroatoms. The average Bonchev–Trinajstić information content (AvgIpc) is 3.10. The van der Waals surface area contributed by atoms with Gasteiger partial charge in [0.25, 0.3) is 0 Å². The number of ether oxygens (including phenoxy) is 2. The van der Waals surface area contributed by atoms with E-state index < -0.39 is 32.5 Å². The van der Waals surface area contributed by atoms with Crippen LogP contribution in [0.3, 0.4) is 0 Å². The predicted octanol–water partition coefficient (Wildman–Crippen LogP) is 13.5. The molecular weight excluding hydrogens is 675 g/mol. The molecule has 8 nitrogen and oxygen atoms in total. The van der Waals surface area contributed by atoms with Crippen LogP contribution < -0.4 is 0 Å². The van der Waals surface area contributed by atoms with Crippen molar-refractivity contribution in [3.8, 4) is 0 Å². The monoisotopic (exact) mass is 761 g/mol. The average molecular weight is 761 g/mol. The highest BCUT2D eigenvalue weighted by Gasteiger charge is 2.23. The number of hydrogen-bond acceptors (Lipinski definition) is 6. The van der Waals surface area contributed by atoms with Crippen LogP contribution in [0.4, 0.5) is 0 Å². The molecule has 2 N–H and O–H groups in total. The third kappa shape index (κ3) is 41.8. The molecule has 0 spiro atoms. The second-order valence-corrected chi connectivity index (χ2v) is 17.1. The minimum Gasteiger partial charge on any atom is -0.462 e. The zero-order chi connectivity index (χ0) is 38.4. The molecule has 0 amide bonds. The molecule has 0 unspecified atom stereocenters. The highest BCUT2D eigenvalue weighted by molar-refractivity contribution is 7.46. The minimum atomic E-state index is -4.75. The van der Waals surface area contributed by atoms with Crippen LogP contribution in [0.1, 0.15) is 239 Å². The largest absolute Gasteiger partial charge is 0.469 e. The Labute approximate surface area is 321 Å². The van der Waals surface area contributed by atoms with Gasteiger partial charge < -0.3 is 19.3 Å². The smallest absolute Gasteiger partial charge is 0.462 e. The molecular formula is C43H85O8P. The zero-order valence-corrected chi connectivity index (χ0v) is 35.3. The van der Waals surface area contributed by atoms with E-state index in [1.807, 2.05) is 0 Å². The first-order valence-electron chi connectivity index (χ1n) is 22.2. The summed E-state index contributed by atoms with van der Waals surface area (Å²) in [6, 6.07) is 0. The first-order valence-corrected chi connectivity index (χ1v) is 23.7. The van der Waals surface area contributed by atoms with E-state index in [-0.39, 0.29) is 19.4 Å². The summed E-state index contributed by atoms with van der Waals surface area (Å²) in [6.07, 6.45) is 39.7. The van der Waals surface area contributed by atoms with Crippen LogP contribution in [0.2, 0.25) is 0 Å². The molecule has 0 rings (SSSR count). The van der Waals surface area contributed by atoms with Crippen molar-refractivity contribution in [3.63, 3.8) is 0 Å². The van der Waals surface area contributed by atoms with Crippen molar-refractivity contribution in [2.24, 2.45) is 5.92 Å². The fraction of sp³-hybridized carbons (Fsp3) is 0.953. The van der Waals surface area contributed by atoms with Crippen LogP contribution >= 0.6 is 7.82 Å². The van der Waals surface area contributed by atoms with Gasteiger partial charge in [-0.05, 0) is 18.8 Å². The summed E-state index contributed by atoms with van der Waals surface area (Å²) in [5, 5.41) is 0. The topological polar surface area (TPSA) is 119 Å². The van der Waals surface area contributed by atoms with E-state index in [1.165, 1.54) is 167 Å². The molecule has 0 aromatic carbocycles. The van der Waals surface area contributed by atoms with E-state index in [9.17, 15) is 14.2 Å². The van der Waals surface area contributed by atoms with Gasteiger partial charge in [0.2, 0.25) is 0 Å². The van der Waals surface area contributed by atoms with Crippen LogP contribution in [0.5, 0.6) is 0 Å². The van der Waals surface area contributed by atoms with Gasteiger partial charge in [-0.3, -0.25) is 14.1 Å². The molecule has 0 bridgehead atoms. The molecule has 1 atom stereocenters. The lowest BCUT2D eigenvalue weighted by molar-refractivity contribution is -0.161. The number of unbranched alkanes of at least 4 members (excludes halogenated alkanes) is 29. The Kier molecular flexibility index (Phi) is 37.6. The number of rotatable bonds is 41. The Morgan fingerprint density at radius 2 is 0.808 bits per heavy atom. The van der Waals surface area contributed by atoms with E-state index in [4.69, 9.17) is 19.3 Å². The molecule has 310 valence electrons. The van der Waals surface area contributed by atoms with Crippen LogP contribution in [0.15, 0.2) is 0 Å². The lowest BCUT2D eigenvalue weighted by atomic mass is 10.0. The van der Waals surface area contributed by atoms with Crippen molar-refractivity contribution in [1.29, 1.82) is 0 Å². The molecule has 0 saturated carbocycles. The van der Waals surface area contributed by atoms with Gasteiger partial charge in [0, 0.05) is 12.8 Å². The lowest BCUT2D eigenvalue weighted by Gasteiger charge is -2.18. The molecule has 0 radical (unpaired) electrons. The summed E-state index contributed by atoms with van der Waals surface area (Å²) >= 11 is 0. The lowest BCUT2D eigenvalue weighted by Crippen LogP contribution is -2.29. The summed E-state index contributed by atoms with van der Waals surface area (Å²) < 4.78 is 26.4. The third-order valence-electron chi connectivity index (χ3n) is 10.1. The summed E-state index contributed by atoms with van der Waals surface area (Å²) in [7, 11) is -4.75. The maximum absolute atomic E-state index is 12.4. The van der Waals surface area contributed by atoms with Crippen molar-refractivity contribution in [2.75, 3.05) is 13.2 Å². The van der Waals surface area contributed by atoms with E-state index in [0.29, 0.717) is 6.42 Å². The standard InChI is InChI=1S/C43H85O8P/c1-4-5-6-7-8-9-10-11-14-19-22-25-28-31-34-37-43(45)51-41(39-50-52(46,47)48)38-49-42(44)36-33-30-27-24-21-18-16-13-12-15-17-20-23-26-29-32-35-40(2)3/h40-41H,4-39H2,1-3H3,(H2,46,47,48)/t41-/m1/s1. The molecule has 0 aliphatic heterocycles. The molecule has 0 heterocycles. The van der Waals surface area contributed by atoms with Crippen molar-refractivity contribution in [2.45, 2.75) is 245 Å².